The predicted molar refractivity (Wildman–Crippen MR) is 156 cm³/mol. The van der Waals surface area contributed by atoms with Crippen LogP contribution in [0.4, 0.5) is 17.1 Å². The molecule has 0 bridgehead atoms. The number of nitro groups is 1. The number of carbonyl (C=O) groups excluding carboxylic acids is 1. The smallest absolute Gasteiger partial charge is 0.293 e. The van der Waals surface area contributed by atoms with Crippen LogP contribution in [0.25, 0.3) is 16.7 Å². The van der Waals surface area contributed by atoms with Crippen molar-refractivity contribution in [2.24, 2.45) is 0 Å². The Hall–Kier alpha value is -4.38. The number of rotatable bonds is 6. The molecule has 0 unspecified atom stereocenters. The number of fused-ring (bicyclic) bond motifs is 1. The Kier molecular flexibility index (Phi) is 7.25. The van der Waals surface area contributed by atoms with Gasteiger partial charge in [0, 0.05) is 30.4 Å². The minimum atomic E-state index is -0.530. The van der Waals surface area contributed by atoms with Gasteiger partial charge < -0.3 is 10.2 Å². The van der Waals surface area contributed by atoms with E-state index in [0.717, 1.165) is 42.7 Å². The third kappa shape index (κ3) is 5.58. The largest absolute Gasteiger partial charge is 0.366 e. The van der Waals surface area contributed by atoms with Crippen molar-refractivity contribution in [1.82, 2.24) is 20.3 Å². The number of carbonyl (C=O) groups is 1. The highest BCUT2D eigenvalue weighted by Gasteiger charge is 2.24. The molecule has 11 heteroatoms. The summed E-state index contributed by atoms with van der Waals surface area (Å²) in [6.07, 6.45) is 1.98. The summed E-state index contributed by atoms with van der Waals surface area (Å²) in [6.45, 7) is 7.73. The summed E-state index contributed by atoms with van der Waals surface area (Å²) < 4.78 is 0. The normalized spacial score (nSPS) is 13.2. The SMILES string of the molecule is Cc1cc2nn(-c3ccc(C(C)C)cc3)nc2cc1NC(=S)NC(=O)c1ccc(N2CCCC2)c([N+](=O)[O-])c1. The number of aryl methyl sites for hydroxylation is 1. The molecule has 0 spiro atoms. The summed E-state index contributed by atoms with van der Waals surface area (Å²) in [5, 5.41) is 26.6. The van der Waals surface area contributed by atoms with Gasteiger partial charge in [-0.15, -0.1) is 10.2 Å². The lowest BCUT2D eigenvalue weighted by atomic mass is 10.0. The van der Waals surface area contributed by atoms with Crippen molar-refractivity contribution in [3.63, 3.8) is 0 Å². The molecule has 1 aliphatic heterocycles. The maximum absolute atomic E-state index is 12.9. The van der Waals surface area contributed by atoms with Gasteiger partial charge in [-0.1, -0.05) is 26.0 Å². The second-order valence-electron chi connectivity index (χ2n) is 9.95. The number of hydrogen-bond acceptors (Lipinski definition) is 7. The maximum atomic E-state index is 12.9. The standard InChI is InChI=1S/C28H29N7O3S/c1-17(2)19-6-9-21(10-7-19)34-31-23-14-18(3)22(16-24(23)32-34)29-28(39)30-27(36)20-8-11-25(26(15-20)35(37)38)33-12-4-5-13-33/h6-11,14-17H,4-5,12-13H2,1-3H3,(H2,29,30,36,39). The van der Waals surface area contributed by atoms with Gasteiger partial charge >= 0.3 is 0 Å². The molecule has 1 fully saturated rings. The summed E-state index contributed by atoms with van der Waals surface area (Å²) in [5.41, 5.74) is 5.63. The Morgan fingerprint density at radius 2 is 1.69 bits per heavy atom. The van der Waals surface area contributed by atoms with Gasteiger partial charge in [-0.05, 0) is 85.4 Å². The van der Waals surface area contributed by atoms with Gasteiger partial charge in [0.25, 0.3) is 11.6 Å². The first-order chi connectivity index (χ1) is 18.7. The molecule has 0 saturated carbocycles. The predicted octanol–water partition coefficient (Wildman–Crippen LogP) is 5.49. The summed E-state index contributed by atoms with van der Waals surface area (Å²) in [4.78, 5) is 27.7. The maximum Gasteiger partial charge on any atom is 0.293 e. The topological polar surface area (TPSA) is 118 Å². The minimum Gasteiger partial charge on any atom is -0.366 e. The van der Waals surface area contributed by atoms with Gasteiger partial charge in [-0.3, -0.25) is 20.2 Å². The minimum absolute atomic E-state index is 0.0744. The molecule has 3 aromatic carbocycles. The molecule has 0 aliphatic carbocycles. The Morgan fingerprint density at radius 3 is 2.33 bits per heavy atom. The van der Waals surface area contributed by atoms with Crippen LogP contribution in [0.3, 0.4) is 0 Å². The second-order valence-corrected chi connectivity index (χ2v) is 10.4. The van der Waals surface area contributed by atoms with E-state index < -0.39 is 10.8 Å². The fraction of sp³-hybridized carbons (Fsp3) is 0.286. The van der Waals surface area contributed by atoms with Gasteiger partial charge in [0.15, 0.2) is 5.11 Å². The zero-order chi connectivity index (χ0) is 27.7. The Labute approximate surface area is 231 Å². The highest BCUT2D eigenvalue weighted by atomic mass is 32.1. The number of benzene rings is 3. The number of hydrogen-bond donors (Lipinski definition) is 2. The van der Waals surface area contributed by atoms with E-state index in [9.17, 15) is 14.9 Å². The van der Waals surface area contributed by atoms with Crippen LogP contribution in [-0.4, -0.2) is 44.0 Å². The van der Waals surface area contributed by atoms with Crippen LogP contribution in [0.2, 0.25) is 0 Å². The molecule has 2 N–H and O–H groups in total. The van der Waals surface area contributed by atoms with E-state index in [1.165, 1.54) is 11.6 Å². The van der Waals surface area contributed by atoms with E-state index in [-0.39, 0.29) is 16.4 Å². The molecule has 1 amide bonds. The third-order valence-electron chi connectivity index (χ3n) is 6.87. The Balaban J connectivity index is 1.30. The first-order valence-corrected chi connectivity index (χ1v) is 13.2. The second kappa shape index (κ2) is 10.8. The lowest BCUT2D eigenvalue weighted by Crippen LogP contribution is -2.34. The molecule has 4 aromatic rings. The van der Waals surface area contributed by atoms with Crippen molar-refractivity contribution in [2.45, 2.75) is 39.5 Å². The van der Waals surface area contributed by atoms with Gasteiger partial charge in [-0.2, -0.15) is 4.80 Å². The van der Waals surface area contributed by atoms with Gasteiger partial charge in [0.05, 0.1) is 10.6 Å². The average molecular weight is 544 g/mol. The summed E-state index contributed by atoms with van der Waals surface area (Å²) in [5.74, 6) is -0.0909. The van der Waals surface area contributed by atoms with Gasteiger partial charge in [-0.25, -0.2) is 0 Å². The number of nitro benzene ring substituents is 1. The van der Waals surface area contributed by atoms with Crippen LogP contribution < -0.4 is 15.5 Å². The van der Waals surface area contributed by atoms with Crippen molar-refractivity contribution >= 4 is 51.3 Å². The van der Waals surface area contributed by atoms with Crippen LogP contribution in [0.5, 0.6) is 0 Å². The quantitative estimate of drug-likeness (QED) is 0.186. The van der Waals surface area contributed by atoms with Crippen LogP contribution >= 0.6 is 12.2 Å². The van der Waals surface area contributed by atoms with Crippen molar-refractivity contribution in [3.8, 4) is 5.69 Å². The van der Waals surface area contributed by atoms with Crippen LogP contribution in [-0.2, 0) is 0 Å². The number of anilines is 2. The zero-order valence-corrected chi connectivity index (χ0v) is 22.8. The zero-order valence-electron chi connectivity index (χ0n) is 22.0. The molecule has 1 aliphatic rings. The third-order valence-corrected chi connectivity index (χ3v) is 7.08. The fourth-order valence-electron chi connectivity index (χ4n) is 4.68. The number of aromatic nitrogens is 3. The number of nitrogens with one attached hydrogen (secondary N) is 2. The van der Waals surface area contributed by atoms with E-state index in [2.05, 4.69) is 46.8 Å². The molecule has 10 nitrogen and oxygen atoms in total. The molecule has 1 saturated heterocycles. The average Bonchev–Trinajstić information content (AvgIpc) is 3.59. The van der Waals surface area contributed by atoms with E-state index in [1.807, 2.05) is 36.1 Å². The molecule has 5 rings (SSSR count). The van der Waals surface area contributed by atoms with Crippen molar-refractivity contribution in [2.75, 3.05) is 23.3 Å². The first-order valence-electron chi connectivity index (χ1n) is 12.8. The summed E-state index contributed by atoms with van der Waals surface area (Å²) in [7, 11) is 0. The van der Waals surface area contributed by atoms with Gasteiger partial charge in [0.1, 0.15) is 16.7 Å². The van der Waals surface area contributed by atoms with E-state index in [0.29, 0.717) is 22.8 Å². The molecular weight excluding hydrogens is 514 g/mol. The summed E-state index contributed by atoms with van der Waals surface area (Å²) >= 11 is 5.38. The highest BCUT2D eigenvalue weighted by Crippen LogP contribution is 2.31. The monoisotopic (exact) mass is 543 g/mol. The highest BCUT2D eigenvalue weighted by molar-refractivity contribution is 7.80. The van der Waals surface area contributed by atoms with Crippen molar-refractivity contribution < 1.29 is 9.72 Å². The number of nitrogens with zero attached hydrogens (tertiary/aromatic N) is 5. The van der Waals surface area contributed by atoms with Crippen molar-refractivity contribution in [1.29, 1.82) is 0 Å². The molecular formula is C28H29N7O3S. The van der Waals surface area contributed by atoms with E-state index >= 15 is 0 Å². The van der Waals surface area contributed by atoms with E-state index in [4.69, 9.17) is 12.2 Å². The lowest BCUT2D eigenvalue weighted by molar-refractivity contribution is -0.384. The molecule has 39 heavy (non-hydrogen) atoms. The lowest BCUT2D eigenvalue weighted by Gasteiger charge is -2.18. The fourth-order valence-corrected chi connectivity index (χ4v) is 4.88. The number of amides is 1. The van der Waals surface area contributed by atoms with Crippen LogP contribution in [0.15, 0.2) is 54.6 Å². The van der Waals surface area contributed by atoms with Crippen LogP contribution in [0.1, 0.15) is 54.1 Å². The number of thiocarbonyl (C=S) groups is 1. The molecule has 1 aromatic heterocycles. The van der Waals surface area contributed by atoms with Crippen LogP contribution in [0, 0.1) is 17.0 Å². The molecule has 0 radical (unpaired) electrons. The molecule has 2 heterocycles. The van der Waals surface area contributed by atoms with Gasteiger partial charge in [0.2, 0.25) is 0 Å². The first kappa shape index (κ1) is 26.2. The molecule has 200 valence electrons. The molecule has 0 atom stereocenters. The summed E-state index contributed by atoms with van der Waals surface area (Å²) in [6, 6.07) is 16.4. The Morgan fingerprint density at radius 1 is 1.03 bits per heavy atom. The Bertz CT molecular complexity index is 1570. The van der Waals surface area contributed by atoms with E-state index in [1.54, 1.807) is 16.9 Å². The van der Waals surface area contributed by atoms with Crippen molar-refractivity contribution in [3.05, 3.63) is 81.4 Å².